The van der Waals surface area contributed by atoms with E-state index in [1.807, 2.05) is 12.1 Å². The fourth-order valence-corrected chi connectivity index (χ4v) is 3.41. The summed E-state index contributed by atoms with van der Waals surface area (Å²) in [5.41, 5.74) is 3.46. The molecule has 0 aliphatic heterocycles. The molecule has 0 fully saturated rings. The van der Waals surface area contributed by atoms with Crippen molar-refractivity contribution in [1.29, 1.82) is 0 Å². The molecule has 1 atom stereocenters. The third kappa shape index (κ3) is 4.15. The predicted molar refractivity (Wildman–Crippen MR) is 93.0 cm³/mol. The minimum Gasteiger partial charge on any atom is -0.507 e. The predicted octanol–water partition coefficient (Wildman–Crippen LogP) is 5.13. The van der Waals surface area contributed by atoms with Gasteiger partial charge in [-0.2, -0.15) is 0 Å². The molecule has 0 spiro atoms. The number of allylic oxidation sites excluding steroid dienone is 2. The van der Waals surface area contributed by atoms with Gasteiger partial charge in [-0.25, -0.2) is 4.79 Å². The Balaban J connectivity index is 2.38. The molecular formula is C20H28O3. The van der Waals surface area contributed by atoms with E-state index < -0.39 is 5.97 Å². The van der Waals surface area contributed by atoms with Gasteiger partial charge in [0.15, 0.2) is 0 Å². The van der Waals surface area contributed by atoms with Crippen LogP contribution in [0.5, 0.6) is 5.75 Å². The van der Waals surface area contributed by atoms with Crippen LogP contribution in [0.4, 0.5) is 0 Å². The summed E-state index contributed by atoms with van der Waals surface area (Å²) in [7, 11) is 1.37. The molecule has 1 N–H and O–H groups in total. The van der Waals surface area contributed by atoms with E-state index in [9.17, 15) is 9.90 Å². The number of phenols is 1. The highest BCUT2D eigenvalue weighted by atomic mass is 16.5. The molecule has 0 aromatic heterocycles. The minimum atomic E-state index is -0.438. The number of aryl methyl sites for hydroxylation is 1. The van der Waals surface area contributed by atoms with Gasteiger partial charge in [-0.1, -0.05) is 43.5 Å². The van der Waals surface area contributed by atoms with Crippen LogP contribution in [0.25, 0.3) is 0 Å². The topological polar surface area (TPSA) is 46.5 Å². The van der Waals surface area contributed by atoms with E-state index >= 15 is 0 Å². The number of carbonyl (C=O) groups excluding carboxylic acids is 1. The third-order valence-corrected chi connectivity index (χ3v) is 4.71. The lowest BCUT2D eigenvalue weighted by Gasteiger charge is -2.22. The Bertz CT molecular complexity index is 587. The maximum Gasteiger partial charge on any atom is 0.341 e. The van der Waals surface area contributed by atoms with E-state index in [0.29, 0.717) is 5.56 Å². The lowest BCUT2D eigenvalue weighted by atomic mass is 9.84. The standard InChI is InChI=1S/C20H28O3/c1-4-5-6-9-15-11-12-17(16-10-7-8-14(2)13-16)19(21)18(15)20(22)23-3/h11-13,16,21H,4-10H2,1-3H3. The first-order valence-electron chi connectivity index (χ1n) is 8.68. The largest absolute Gasteiger partial charge is 0.507 e. The van der Waals surface area contributed by atoms with Crippen molar-refractivity contribution >= 4 is 5.97 Å². The van der Waals surface area contributed by atoms with Gasteiger partial charge in [0.2, 0.25) is 0 Å². The van der Waals surface area contributed by atoms with E-state index in [-0.39, 0.29) is 11.7 Å². The quantitative estimate of drug-likeness (QED) is 0.450. The van der Waals surface area contributed by atoms with Gasteiger partial charge in [0, 0.05) is 11.5 Å². The van der Waals surface area contributed by atoms with Gasteiger partial charge in [0.1, 0.15) is 11.3 Å². The highest BCUT2D eigenvalue weighted by molar-refractivity contribution is 5.94. The Kier molecular flexibility index (Phi) is 6.26. The summed E-state index contributed by atoms with van der Waals surface area (Å²) in [5.74, 6) is -0.133. The summed E-state index contributed by atoms with van der Waals surface area (Å²) in [6, 6.07) is 3.98. The number of aromatic hydroxyl groups is 1. The molecule has 3 nitrogen and oxygen atoms in total. The summed E-state index contributed by atoms with van der Waals surface area (Å²) < 4.78 is 4.91. The zero-order valence-corrected chi connectivity index (χ0v) is 14.5. The Morgan fingerprint density at radius 3 is 2.78 bits per heavy atom. The van der Waals surface area contributed by atoms with E-state index in [2.05, 4.69) is 19.9 Å². The second kappa shape index (κ2) is 8.19. The highest BCUT2D eigenvalue weighted by Crippen LogP contribution is 2.38. The lowest BCUT2D eigenvalue weighted by Crippen LogP contribution is -2.10. The van der Waals surface area contributed by atoms with Crippen LogP contribution >= 0.6 is 0 Å². The van der Waals surface area contributed by atoms with Gasteiger partial charge in [-0.15, -0.1) is 0 Å². The van der Waals surface area contributed by atoms with Crippen molar-refractivity contribution in [3.8, 4) is 5.75 Å². The SMILES string of the molecule is CCCCCc1ccc(C2C=C(C)CCC2)c(O)c1C(=O)OC. The molecule has 0 radical (unpaired) electrons. The zero-order chi connectivity index (χ0) is 16.8. The molecule has 1 aliphatic rings. The molecule has 1 unspecified atom stereocenters. The number of hydrogen-bond donors (Lipinski definition) is 1. The molecule has 2 rings (SSSR count). The summed E-state index contributed by atoms with van der Waals surface area (Å²) in [4.78, 5) is 12.2. The normalized spacial score (nSPS) is 17.7. The Morgan fingerprint density at radius 1 is 1.35 bits per heavy atom. The molecule has 1 aromatic carbocycles. The Labute approximate surface area is 139 Å². The molecule has 0 amide bonds. The molecule has 0 saturated carbocycles. The molecule has 0 heterocycles. The third-order valence-electron chi connectivity index (χ3n) is 4.71. The van der Waals surface area contributed by atoms with Crippen molar-refractivity contribution in [2.75, 3.05) is 7.11 Å². The van der Waals surface area contributed by atoms with Crippen LogP contribution in [0.1, 0.15) is 79.8 Å². The molecular weight excluding hydrogens is 288 g/mol. The van der Waals surface area contributed by atoms with Gasteiger partial charge in [-0.05, 0) is 44.6 Å². The van der Waals surface area contributed by atoms with Gasteiger partial charge in [-0.3, -0.25) is 0 Å². The van der Waals surface area contributed by atoms with E-state index in [1.54, 1.807) is 0 Å². The zero-order valence-electron chi connectivity index (χ0n) is 14.5. The molecule has 126 valence electrons. The van der Waals surface area contributed by atoms with Crippen LogP contribution in [0.3, 0.4) is 0 Å². The monoisotopic (exact) mass is 316 g/mol. The first-order valence-corrected chi connectivity index (χ1v) is 8.68. The van der Waals surface area contributed by atoms with Crippen LogP contribution in [0, 0.1) is 0 Å². The molecule has 23 heavy (non-hydrogen) atoms. The summed E-state index contributed by atoms with van der Waals surface area (Å²) in [5, 5.41) is 10.7. The summed E-state index contributed by atoms with van der Waals surface area (Å²) in [6.07, 6.45) is 9.54. The molecule has 0 bridgehead atoms. The van der Waals surface area contributed by atoms with Crippen LogP contribution in [0.2, 0.25) is 0 Å². The maximum atomic E-state index is 12.2. The fourth-order valence-electron chi connectivity index (χ4n) is 3.41. The van der Waals surface area contributed by atoms with Crippen LogP contribution in [-0.2, 0) is 11.2 Å². The first-order chi connectivity index (χ1) is 11.1. The number of ether oxygens (including phenoxy) is 1. The fraction of sp³-hybridized carbons (Fsp3) is 0.550. The smallest absolute Gasteiger partial charge is 0.341 e. The molecule has 1 aliphatic carbocycles. The number of benzene rings is 1. The average molecular weight is 316 g/mol. The van der Waals surface area contributed by atoms with Crippen LogP contribution in [-0.4, -0.2) is 18.2 Å². The van der Waals surface area contributed by atoms with Crippen LogP contribution in [0.15, 0.2) is 23.8 Å². The Morgan fingerprint density at radius 2 is 2.13 bits per heavy atom. The van der Waals surface area contributed by atoms with Gasteiger partial charge < -0.3 is 9.84 Å². The molecule has 1 aromatic rings. The van der Waals surface area contributed by atoms with Crippen LogP contribution < -0.4 is 0 Å². The first kappa shape index (κ1) is 17.6. The van der Waals surface area contributed by atoms with Crippen molar-refractivity contribution in [3.05, 3.63) is 40.5 Å². The van der Waals surface area contributed by atoms with Crippen molar-refractivity contribution in [1.82, 2.24) is 0 Å². The van der Waals surface area contributed by atoms with Crippen molar-refractivity contribution in [3.63, 3.8) is 0 Å². The lowest BCUT2D eigenvalue weighted by molar-refractivity contribution is 0.0596. The van der Waals surface area contributed by atoms with Gasteiger partial charge in [0.25, 0.3) is 0 Å². The van der Waals surface area contributed by atoms with Gasteiger partial charge in [0.05, 0.1) is 7.11 Å². The van der Waals surface area contributed by atoms with E-state index in [1.165, 1.54) is 12.7 Å². The minimum absolute atomic E-state index is 0.113. The van der Waals surface area contributed by atoms with Gasteiger partial charge >= 0.3 is 5.97 Å². The number of rotatable bonds is 6. The number of unbranched alkanes of at least 4 members (excludes halogenated alkanes) is 2. The van der Waals surface area contributed by atoms with Crippen molar-refractivity contribution < 1.29 is 14.6 Å². The number of methoxy groups -OCH3 is 1. The second-order valence-corrected chi connectivity index (χ2v) is 6.50. The number of carbonyl (C=O) groups is 1. The van der Waals surface area contributed by atoms with Crippen molar-refractivity contribution in [2.45, 2.75) is 64.7 Å². The second-order valence-electron chi connectivity index (χ2n) is 6.50. The molecule has 3 heteroatoms. The average Bonchev–Trinajstić information content (AvgIpc) is 2.54. The van der Waals surface area contributed by atoms with Crippen molar-refractivity contribution in [2.24, 2.45) is 0 Å². The highest BCUT2D eigenvalue weighted by Gasteiger charge is 2.24. The summed E-state index contributed by atoms with van der Waals surface area (Å²) >= 11 is 0. The Hall–Kier alpha value is -1.77. The van der Waals surface area contributed by atoms with E-state index in [0.717, 1.165) is 56.1 Å². The number of esters is 1. The number of phenolic OH excluding ortho intramolecular Hbond substituents is 1. The number of hydrogen-bond acceptors (Lipinski definition) is 3. The maximum absolute atomic E-state index is 12.2. The molecule has 0 saturated heterocycles. The summed E-state index contributed by atoms with van der Waals surface area (Å²) in [6.45, 7) is 4.28. The van der Waals surface area contributed by atoms with E-state index in [4.69, 9.17) is 4.74 Å².